The molecule has 0 aromatic heterocycles. The molecule has 8 heteroatoms. The Hall–Kier alpha value is -2.36. The van der Waals surface area contributed by atoms with Crippen molar-refractivity contribution in [3.8, 4) is 0 Å². The van der Waals surface area contributed by atoms with Crippen LogP contribution in [-0.4, -0.2) is 45.1 Å². The number of carbonyl (C=O) groups excluding carboxylic acids is 1. The molecule has 1 amide bonds. The molecule has 1 unspecified atom stereocenters. The van der Waals surface area contributed by atoms with E-state index in [1.54, 1.807) is 26.1 Å². The predicted octanol–water partition coefficient (Wildman–Crippen LogP) is 4.01. The van der Waals surface area contributed by atoms with Gasteiger partial charge in [0.2, 0.25) is 0 Å². The number of nitrogens with one attached hydrogen (secondary N) is 3. The number of amides is 1. The second kappa shape index (κ2) is 12.6. The summed E-state index contributed by atoms with van der Waals surface area (Å²) in [6.45, 7) is 6.91. The number of guanidine groups is 1. The molecule has 0 spiro atoms. The quantitative estimate of drug-likeness (QED) is 0.210. The van der Waals surface area contributed by atoms with E-state index in [0.29, 0.717) is 30.2 Å². The SMILES string of the molecule is CN=C(NCCNC(=O)c1ccc(C)c(F)c1)NC(C)c1cccc(N2CCCC2)c1.I. The summed E-state index contributed by atoms with van der Waals surface area (Å²) in [6, 6.07) is 13.2. The second-order valence-corrected chi connectivity index (χ2v) is 7.87. The van der Waals surface area contributed by atoms with E-state index in [1.165, 1.54) is 30.2 Å². The van der Waals surface area contributed by atoms with Gasteiger partial charge in [0.1, 0.15) is 5.82 Å². The van der Waals surface area contributed by atoms with Gasteiger partial charge in [-0.1, -0.05) is 18.2 Å². The molecule has 0 bridgehead atoms. The molecule has 1 atom stereocenters. The summed E-state index contributed by atoms with van der Waals surface area (Å²) in [5.41, 5.74) is 3.30. The lowest BCUT2D eigenvalue weighted by Crippen LogP contribution is -2.42. The number of rotatable bonds is 7. The maximum atomic E-state index is 13.6. The van der Waals surface area contributed by atoms with Gasteiger partial charge in [-0.3, -0.25) is 9.79 Å². The summed E-state index contributed by atoms with van der Waals surface area (Å²) in [6.07, 6.45) is 2.51. The largest absolute Gasteiger partial charge is 0.372 e. The zero-order valence-electron chi connectivity index (χ0n) is 19.0. The zero-order chi connectivity index (χ0) is 22.2. The molecule has 1 fully saturated rings. The van der Waals surface area contributed by atoms with Crippen LogP contribution >= 0.6 is 24.0 Å². The van der Waals surface area contributed by atoms with E-state index < -0.39 is 0 Å². The fourth-order valence-electron chi connectivity index (χ4n) is 3.64. The minimum Gasteiger partial charge on any atom is -0.372 e. The molecule has 1 aliphatic heterocycles. The highest BCUT2D eigenvalue weighted by molar-refractivity contribution is 14.0. The number of nitrogens with zero attached hydrogens (tertiary/aromatic N) is 2. The first-order chi connectivity index (χ1) is 15.0. The average Bonchev–Trinajstić information content (AvgIpc) is 3.32. The lowest BCUT2D eigenvalue weighted by Gasteiger charge is -2.22. The molecular formula is C24H33FIN5O. The van der Waals surface area contributed by atoms with Crippen LogP contribution in [0.25, 0.3) is 0 Å². The molecule has 174 valence electrons. The van der Waals surface area contributed by atoms with E-state index in [2.05, 4.69) is 57.0 Å². The summed E-state index contributed by atoms with van der Waals surface area (Å²) in [5, 5.41) is 9.39. The minimum absolute atomic E-state index is 0. The van der Waals surface area contributed by atoms with E-state index in [9.17, 15) is 9.18 Å². The Bertz CT molecular complexity index is 930. The third-order valence-electron chi connectivity index (χ3n) is 5.56. The Morgan fingerprint density at radius 2 is 1.84 bits per heavy atom. The highest BCUT2D eigenvalue weighted by Crippen LogP contribution is 2.23. The lowest BCUT2D eigenvalue weighted by molar-refractivity contribution is 0.0954. The van der Waals surface area contributed by atoms with Gasteiger partial charge in [0.05, 0.1) is 6.04 Å². The second-order valence-electron chi connectivity index (χ2n) is 7.87. The number of anilines is 1. The molecule has 2 aromatic carbocycles. The van der Waals surface area contributed by atoms with Crippen molar-refractivity contribution in [2.24, 2.45) is 4.99 Å². The van der Waals surface area contributed by atoms with Gasteiger partial charge in [0, 0.05) is 44.5 Å². The van der Waals surface area contributed by atoms with Crippen LogP contribution in [0.1, 0.15) is 47.3 Å². The van der Waals surface area contributed by atoms with Gasteiger partial charge in [-0.2, -0.15) is 0 Å². The Morgan fingerprint density at radius 1 is 1.12 bits per heavy atom. The van der Waals surface area contributed by atoms with Crippen LogP contribution in [0.3, 0.4) is 0 Å². The molecule has 32 heavy (non-hydrogen) atoms. The van der Waals surface area contributed by atoms with Gasteiger partial charge in [-0.05, 0) is 62.1 Å². The number of benzene rings is 2. The third kappa shape index (κ3) is 7.08. The average molecular weight is 553 g/mol. The van der Waals surface area contributed by atoms with Crippen molar-refractivity contribution in [2.75, 3.05) is 38.1 Å². The van der Waals surface area contributed by atoms with Crippen LogP contribution in [0, 0.1) is 12.7 Å². The molecule has 1 aliphatic rings. The van der Waals surface area contributed by atoms with Crippen LogP contribution in [0.2, 0.25) is 0 Å². The van der Waals surface area contributed by atoms with Crippen molar-refractivity contribution < 1.29 is 9.18 Å². The fraction of sp³-hybridized carbons (Fsp3) is 0.417. The fourth-order valence-corrected chi connectivity index (χ4v) is 3.64. The van der Waals surface area contributed by atoms with E-state index >= 15 is 0 Å². The zero-order valence-corrected chi connectivity index (χ0v) is 21.3. The summed E-state index contributed by atoms with van der Waals surface area (Å²) < 4.78 is 13.6. The predicted molar refractivity (Wildman–Crippen MR) is 140 cm³/mol. The molecule has 1 heterocycles. The van der Waals surface area contributed by atoms with E-state index in [-0.39, 0.29) is 41.7 Å². The van der Waals surface area contributed by atoms with Crippen LogP contribution in [0.4, 0.5) is 10.1 Å². The molecule has 3 rings (SSSR count). The summed E-state index contributed by atoms with van der Waals surface area (Å²) >= 11 is 0. The van der Waals surface area contributed by atoms with E-state index in [0.717, 1.165) is 13.1 Å². The van der Waals surface area contributed by atoms with Gasteiger partial charge >= 0.3 is 0 Å². The maximum Gasteiger partial charge on any atom is 0.251 e. The molecule has 0 aliphatic carbocycles. The van der Waals surface area contributed by atoms with Gasteiger partial charge in [-0.25, -0.2) is 4.39 Å². The number of aryl methyl sites for hydroxylation is 1. The lowest BCUT2D eigenvalue weighted by atomic mass is 10.1. The van der Waals surface area contributed by atoms with Crippen molar-refractivity contribution in [3.05, 3.63) is 65.0 Å². The molecule has 0 radical (unpaired) electrons. The highest BCUT2D eigenvalue weighted by atomic mass is 127. The molecule has 6 nitrogen and oxygen atoms in total. The summed E-state index contributed by atoms with van der Waals surface area (Å²) in [7, 11) is 1.72. The summed E-state index contributed by atoms with van der Waals surface area (Å²) in [4.78, 5) is 18.9. The first-order valence-electron chi connectivity index (χ1n) is 10.8. The first-order valence-corrected chi connectivity index (χ1v) is 10.8. The molecule has 1 saturated heterocycles. The first kappa shape index (κ1) is 25.9. The van der Waals surface area contributed by atoms with Gasteiger partial charge in [-0.15, -0.1) is 24.0 Å². The number of halogens is 2. The maximum absolute atomic E-state index is 13.6. The van der Waals surface area contributed by atoms with Gasteiger partial charge < -0.3 is 20.9 Å². The smallest absolute Gasteiger partial charge is 0.251 e. The van der Waals surface area contributed by atoms with E-state index in [4.69, 9.17) is 0 Å². The summed E-state index contributed by atoms with van der Waals surface area (Å²) in [5.74, 6) is -0.0105. The number of hydrogen-bond acceptors (Lipinski definition) is 3. The van der Waals surface area contributed by atoms with Crippen LogP contribution in [0.5, 0.6) is 0 Å². The molecular weight excluding hydrogens is 520 g/mol. The van der Waals surface area contributed by atoms with Crippen LogP contribution in [-0.2, 0) is 0 Å². The van der Waals surface area contributed by atoms with Crippen molar-refractivity contribution >= 4 is 41.5 Å². The van der Waals surface area contributed by atoms with Crippen LogP contribution in [0.15, 0.2) is 47.5 Å². The van der Waals surface area contributed by atoms with Crippen molar-refractivity contribution in [1.29, 1.82) is 0 Å². The molecule has 3 N–H and O–H groups in total. The van der Waals surface area contributed by atoms with Crippen LogP contribution < -0.4 is 20.9 Å². The topological polar surface area (TPSA) is 68.8 Å². The molecule has 2 aromatic rings. The third-order valence-corrected chi connectivity index (χ3v) is 5.56. The Morgan fingerprint density at radius 3 is 2.53 bits per heavy atom. The number of hydrogen-bond donors (Lipinski definition) is 3. The standard InChI is InChI=1S/C24H32FN5O.HI/c1-17-9-10-20(16-22(17)25)23(31)27-11-12-28-24(26-3)29-18(2)19-7-6-8-21(15-19)30-13-4-5-14-30;/h6-10,15-16,18H,4-5,11-14H2,1-3H3,(H,27,31)(H2,26,28,29);1H. The Kier molecular flexibility index (Phi) is 10.2. The molecule has 0 saturated carbocycles. The normalized spacial score (nSPS) is 14.5. The van der Waals surface area contributed by atoms with Crippen molar-refractivity contribution in [3.63, 3.8) is 0 Å². The van der Waals surface area contributed by atoms with E-state index in [1.807, 2.05) is 0 Å². The highest BCUT2D eigenvalue weighted by Gasteiger charge is 2.14. The Labute approximate surface area is 207 Å². The Balaban J connectivity index is 0.00000363. The van der Waals surface area contributed by atoms with Gasteiger partial charge in [0.15, 0.2) is 5.96 Å². The number of carbonyl (C=O) groups is 1. The van der Waals surface area contributed by atoms with Crippen molar-refractivity contribution in [2.45, 2.75) is 32.7 Å². The monoisotopic (exact) mass is 553 g/mol. The number of aliphatic imine (C=N–C) groups is 1. The minimum atomic E-state index is -0.377. The van der Waals surface area contributed by atoms with Crippen molar-refractivity contribution in [1.82, 2.24) is 16.0 Å². The van der Waals surface area contributed by atoms with Gasteiger partial charge in [0.25, 0.3) is 5.91 Å².